The van der Waals surface area contributed by atoms with Gasteiger partial charge in [0.25, 0.3) is 11.8 Å². The highest BCUT2D eigenvalue weighted by atomic mass is 35.5. The molecule has 0 radical (unpaired) electrons. The molecule has 0 bridgehead atoms. The molecule has 0 aliphatic carbocycles. The van der Waals surface area contributed by atoms with Crippen LogP contribution < -0.4 is 0 Å². The molecule has 0 saturated heterocycles. The molecule has 0 fully saturated rings. The summed E-state index contributed by atoms with van der Waals surface area (Å²) >= 11 is 6.20. The molecular formula is C21H14ClNO4. The van der Waals surface area contributed by atoms with Crippen LogP contribution in [0.5, 0.6) is 0 Å². The fourth-order valence-electron chi connectivity index (χ4n) is 3.49. The van der Waals surface area contributed by atoms with Crippen LogP contribution in [0, 0.1) is 0 Å². The predicted octanol–water partition coefficient (Wildman–Crippen LogP) is 3.79. The summed E-state index contributed by atoms with van der Waals surface area (Å²) in [7, 11) is 0. The van der Waals surface area contributed by atoms with Gasteiger partial charge in [-0.25, -0.2) is 4.79 Å². The SMILES string of the molecule is O=C(O)[C@H](Cc1ccccc1)N1C(=O)c2cccc3c(Cl)ccc(c23)C1=O. The molecule has 134 valence electrons. The Morgan fingerprint density at radius 1 is 0.926 bits per heavy atom. The third kappa shape index (κ3) is 2.76. The molecule has 27 heavy (non-hydrogen) atoms. The maximum Gasteiger partial charge on any atom is 0.327 e. The van der Waals surface area contributed by atoms with Crippen LogP contribution in [0.2, 0.25) is 5.02 Å². The minimum absolute atomic E-state index is 0.0343. The number of carboxylic acid groups (broad SMARTS) is 1. The van der Waals surface area contributed by atoms with E-state index in [1.54, 1.807) is 48.5 Å². The molecule has 1 aliphatic heterocycles. The lowest BCUT2D eigenvalue weighted by molar-refractivity contribution is -0.141. The highest BCUT2D eigenvalue weighted by molar-refractivity contribution is 6.38. The van der Waals surface area contributed by atoms with Crippen LogP contribution in [-0.4, -0.2) is 33.8 Å². The summed E-state index contributed by atoms with van der Waals surface area (Å²) < 4.78 is 0. The highest BCUT2D eigenvalue weighted by Crippen LogP contribution is 2.35. The molecule has 1 aliphatic rings. The minimum Gasteiger partial charge on any atom is -0.480 e. The third-order valence-corrected chi connectivity index (χ3v) is 5.08. The second-order valence-electron chi connectivity index (χ2n) is 6.35. The van der Waals surface area contributed by atoms with Gasteiger partial charge in [-0.2, -0.15) is 0 Å². The van der Waals surface area contributed by atoms with Gasteiger partial charge in [0.1, 0.15) is 6.04 Å². The van der Waals surface area contributed by atoms with Gasteiger partial charge in [-0.05, 0) is 23.8 Å². The van der Waals surface area contributed by atoms with Gasteiger partial charge in [-0.1, -0.05) is 54.1 Å². The van der Waals surface area contributed by atoms with Crippen LogP contribution in [0.4, 0.5) is 0 Å². The molecule has 2 amide bonds. The first-order valence-electron chi connectivity index (χ1n) is 8.35. The standard InChI is InChI=1S/C21H14ClNO4/c22-16-10-9-15-18-13(16)7-4-8-14(18)19(24)23(20(15)25)17(21(26)27)11-12-5-2-1-3-6-12/h1-10,17H,11H2,(H,26,27)/t17-/m0/s1. The first-order chi connectivity index (χ1) is 13.0. The van der Waals surface area contributed by atoms with Crippen molar-refractivity contribution < 1.29 is 19.5 Å². The summed E-state index contributed by atoms with van der Waals surface area (Å²) in [6, 6.07) is 15.7. The lowest BCUT2D eigenvalue weighted by Crippen LogP contribution is -2.51. The van der Waals surface area contributed by atoms with E-state index in [0.717, 1.165) is 10.5 Å². The Bertz CT molecular complexity index is 1070. The molecule has 0 spiro atoms. The number of imide groups is 1. The van der Waals surface area contributed by atoms with Gasteiger partial charge >= 0.3 is 5.97 Å². The van der Waals surface area contributed by atoms with Crippen molar-refractivity contribution in [1.29, 1.82) is 0 Å². The predicted molar refractivity (Wildman–Crippen MR) is 101 cm³/mol. The van der Waals surface area contributed by atoms with Crippen molar-refractivity contribution in [3.05, 3.63) is 82.4 Å². The number of carbonyl (C=O) groups is 3. The molecule has 3 aromatic carbocycles. The fourth-order valence-corrected chi connectivity index (χ4v) is 3.71. The van der Waals surface area contributed by atoms with E-state index in [2.05, 4.69) is 0 Å². The normalized spacial score (nSPS) is 14.5. The van der Waals surface area contributed by atoms with Crippen LogP contribution in [0.1, 0.15) is 26.3 Å². The van der Waals surface area contributed by atoms with Crippen LogP contribution in [0.3, 0.4) is 0 Å². The number of hydrogen-bond donors (Lipinski definition) is 1. The van der Waals surface area contributed by atoms with Crippen molar-refractivity contribution in [2.75, 3.05) is 0 Å². The monoisotopic (exact) mass is 379 g/mol. The largest absolute Gasteiger partial charge is 0.480 e. The Balaban J connectivity index is 1.84. The molecular weight excluding hydrogens is 366 g/mol. The van der Waals surface area contributed by atoms with Gasteiger partial charge in [0.15, 0.2) is 0 Å². The van der Waals surface area contributed by atoms with Crippen molar-refractivity contribution >= 4 is 40.2 Å². The van der Waals surface area contributed by atoms with E-state index in [0.29, 0.717) is 15.8 Å². The lowest BCUT2D eigenvalue weighted by Gasteiger charge is -2.31. The maximum absolute atomic E-state index is 13.1. The molecule has 6 heteroatoms. The van der Waals surface area contributed by atoms with E-state index in [9.17, 15) is 19.5 Å². The molecule has 5 nitrogen and oxygen atoms in total. The van der Waals surface area contributed by atoms with Gasteiger partial charge in [-0.15, -0.1) is 0 Å². The number of benzene rings is 3. The zero-order valence-corrected chi connectivity index (χ0v) is 14.8. The first-order valence-corrected chi connectivity index (χ1v) is 8.72. The molecule has 1 N–H and O–H groups in total. The summed E-state index contributed by atoms with van der Waals surface area (Å²) in [6.07, 6.45) is 0.0343. The Hall–Kier alpha value is -3.18. The average molecular weight is 380 g/mol. The van der Waals surface area contributed by atoms with Gasteiger partial charge < -0.3 is 5.11 Å². The zero-order valence-electron chi connectivity index (χ0n) is 14.1. The zero-order chi connectivity index (χ0) is 19.1. The summed E-state index contributed by atoms with van der Waals surface area (Å²) in [5.41, 5.74) is 1.29. The average Bonchev–Trinajstić information content (AvgIpc) is 2.67. The van der Waals surface area contributed by atoms with E-state index >= 15 is 0 Å². The lowest BCUT2D eigenvalue weighted by atomic mass is 9.92. The van der Waals surface area contributed by atoms with Crippen LogP contribution >= 0.6 is 11.6 Å². The number of carboxylic acids is 1. The van der Waals surface area contributed by atoms with Crippen molar-refractivity contribution in [1.82, 2.24) is 4.90 Å². The Morgan fingerprint density at radius 3 is 2.26 bits per heavy atom. The fraction of sp³-hybridized carbons (Fsp3) is 0.0952. The number of aliphatic carboxylic acids is 1. The van der Waals surface area contributed by atoms with Crippen LogP contribution in [0.25, 0.3) is 10.8 Å². The highest BCUT2D eigenvalue weighted by Gasteiger charge is 2.40. The molecule has 0 unspecified atom stereocenters. The number of rotatable bonds is 4. The third-order valence-electron chi connectivity index (χ3n) is 4.75. The molecule has 4 rings (SSSR count). The number of carbonyl (C=O) groups excluding carboxylic acids is 2. The Labute approximate surface area is 159 Å². The van der Waals surface area contributed by atoms with Gasteiger partial charge in [0, 0.05) is 33.3 Å². The molecule has 0 aromatic heterocycles. The summed E-state index contributed by atoms with van der Waals surface area (Å²) in [5.74, 6) is -2.47. The quantitative estimate of drug-likeness (QED) is 0.700. The van der Waals surface area contributed by atoms with Gasteiger partial charge in [0.05, 0.1) is 0 Å². The van der Waals surface area contributed by atoms with Crippen molar-refractivity contribution in [3.63, 3.8) is 0 Å². The van der Waals surface area contributed by atoms with E-state index in [1.165, 1.54) is 6.07 Å². The van der Waals surface area contributed by atoms with E-state index in [-0.39, 0.29) is 17.5 Å². The van der Waals surface area contributed by atoms with Gasteiger partial charge in [0.2, 0.25) is 0 Å². The second kappa shape index (κ2) is 6.52. The maximum atomic E-state index is 13.1. The minimum atomic E-state index is -1.30. The summed E-state index contributed by atoms with van der Waals surface area (Å²) in [4.78, 5) is 38.9. The molecule has 1 atom stereocenters. The van der Waals surface area contributed by atoms with Crippen molar-refractivity contribution in [2.24, 2.45) is 0 Å². The Kier molecular flexibility index (Phi) is 4.16. The number of amides is 2. The van der Waals surface area contributed by atoms with Crippen molar-refractivity contribution in [2.45, 2.75) is 12.5 Å². The smallest absolute Gasteiger partial charge is 0.327 e. The van der Waals surface area contributed by atoms with E-state index in [4.69, 9.17) is 11.6 Å². The van der Waals surface area contributed by atoms with Crippen LogP contribution in [0.15, 0.2) is 60.7 Å². The number of halogens is 1. The van der Waals surface area contributed by atoms with E-state index < -0.39 is 23.8 Å². The van der Waals surface area contributed by atoms with Gasteiger partial charge in [-0.3, -0.25) is 14.5 Å². The van der Waals surface area contributed by atoms with Crippen LogP contribution in [-0.2, 0) is 11.2 Å². The van der Waals surface area contributed by atoms with Crippen molar-refractivity contribution in [3.8, 4) is 0 Å². The van der Waals surface area contributed by atoms with E-state index in [1.807, 2.05) is 6.07 Å². The Morgan fingerprint density at radius 2 is 1.59 bits per heavy atom. The molecule has 0 saturated carbocycles. The molecule has 1 heterocycles. The summed E-state index contributed by atoms with van der Waals surface area (Å²) in [5, 5.41) is 11.2. The number of nitrogens with zero attached hydrogens (tertiary/aromatic N) is 1. The second-order valence-corrected chi connectivity index (χ2v) is 6.75. The first kappa shape index (κ1) is 17.2. The topological polar surface area (TPSA) is 74.7 Å². The number of hydrogen-bond acceptors (Lipinski definition) is 3. The molecule has 3 aromatic rings. The summed E-state index contributed by atoms with van der Waals surface area (Å²) in [6.45, 7) is 0.